The quantitative estimate of drug-likeness (QED) is 0.405. The van der Waals surface area contributed by atoms with Gasteiger partial charge < -0.3 is 15.3 Å². The van der Waals surface area contributed by atoms with E-state index in [9.17, 15) is 15.3 Å². The van der Waals surface area contributed by atoms with Crippen molar-refractivity contribution >= 4 is 12.2 Å². The van der Waals surface area contributed by atoms with Crippen LogP contribution in [0.25, 0.3) is 12.2 Å². The molecule has 0 aliphatic heterocycles. The molecule has 0 aliphatic rings. The van der Waals surface area contributed by atoms with Gasteiger partial charge in [-0.2, -0.15) is 0 Å². The first-order valence-corrected chi connectivity index (χ1v) is 10.1. The summed E-state index contributed by atoms with van der Waals surface area (Å²) in [6, 6.07) is 14.1. The van der Waals surface area contributed by atoms with Gasteiger partial charge in [-0.05, 0) is 47.2 Å². The van der Waals surface area contributed by atoms with Crippen LogP contribution in [0.1, 0.15) is 60.9 Å². The summed E-state index contributed by atoms with van der Waals surface area (Å²) in [4.78, 5) is 0. The number of aliphatic hydroxyl groups is 3. The van der Waals surface area contributed by atoms with E-state index in [-0.39, 0.29) is 25.2 Å². The summed E-state index contributed by atoms with van der Waals surface area (Å²) < 4.78 is 0. The molecule has 0 saturated carbocycles. The molecule has 0 bridgehead atoms. The van der Waals surface area contributed by atoms with Crippen molar-refractivity contribution < 1.29 is 15.3 Å². The number of hydrogen-bond acceptors (Lipinski definition) is 3. The number of rotatable bonds is 9. The molecule has 0 heterocycles. The van der Waals surface area contributed by atoms with Crippen LogP contribution in [0.4, 0.5) is 0 Å². The van der Waals surface area contributed by atoms with Crippen molar-refractivity contribution in [1.29, 1.82) is 0 Å². The molecule has 2 rings (SSSR count). The molecule has 2 aromatic rings. The van der Waals surface area contributed by atoms with Gasteiger partial charge >= 0.3 is 0 Å². The highest BCUT2D eigenvalue weighted by molar-refractivity contribution is 5.70. The fourth-order valence-corrected chi connectivity index (χ4v) is 3.05. The third-order valence-corrected chi connectivity index (χ3v) is 5.24. The predicted octanol–water partition coefficient (Wildman–Crippen LogP) is 5.22. The van der Waals surface area contributed by atoms with E-state index in [1.165, 1.54) is 11.1 Å². The monoisotopic (exact) mass is 392 g/mol. The molecule has 0 fully saturated rings. The summed E-state index contributed by atoms with van der Waals surface area (Å²) in [5, 5.41) is 28.4. The van der Waals surface area contributed by atoms with Crippen molar-refractivity contribution in [3.8, 4) is 0 Å². The number of allylic oxidation sites excluding steroid dienone is 3. The zero-order chi connectivity index (χ0) is 21.2. The maximum atomic E-state index is 9.63. The third kappa shape index (κ3) is 6.82. The van der Waals surface area contributed by atoms with Gasteiger partial charge in [-0.25, -0.2) is 0 Å². The molecule has 0 aliphatic carbocycles. The van der Waals surface area contributed by atoms with Crippen LogP contribution in [-0.2, 0) is 13.2 Å². The maximum absolute atomic E-state index is 9.63. The lowest BCUT2D eigenvalue weighted by Crippen LogP contribution is -1.98. The van der Waals surface area contributed by atoms with Crippen LogP contribution in [0.15, 0.2) is 66.3 Å². The second-order valence-electron chi connectivity index (χ2n) is 7.34. The van der Waals surface area contributed by atoms with Crippen molar-refractivity contribution in [3.63, 3.8) is 0 Å². The minimum atomic E-state index is -0.388. The molecular formula is C26H32O3. The van der Waals surface area contributed by atoms with Gasteiger partial charge in [0.25, 0.3) is 0 Å². The first-order chi connectivity index (χ1) is 14.0. The fraction of sp³-hybridized carbons (Fsp3) is 0.308. The van der Waals surface area contributed by atoms with E-state index >= 15 is 0 Å². The summed E-state index contributed by atoms with van der Waals surface area (Å²) in [6.45, 7) is 6.09. The molecule has 0 spiro atoms. The Hall–Kier alpha value is -2.46. The molecular weight excluding hydrogens is 360 g/mol. The van der Waals surface area contributed by atoms with E-state index in [4.69, 9.17) is 0 Å². The highest BCUT2D eigenvalue weighted by atomic mass is 16.3. The van der Waals surface area contributed by atoms with Crippen molar-refractivity contribution in [3.05, 3.63) is 94.1 Å². The van der Waals surface area contributed by atoms with Crippen LogP contribution in [0.5, 0.6) is 0 Å². The van der Waals surface area contributed by atoms with E-state index in [2.05, 4.69) is 50.3 Å². The van der Waals surface area contributed by atoms with Crippen molar-refractivity contribution in [2.24, 2.45) is 0 Å². The minimum absolute atomic E-state index is 0.0702. The molecule has 2 unspecified atom stereocenters. The normalized spacial score (nSPS) is 14.6. The Morgan fingerprint density at radius 2 is 1.66 bits per heavy atom. The van der Waals surface area contributed by atoms with E-state index < -0.39 is 0 Å². The lowest BCUT2D eigenvalue weighted by Gasteiger charge is -2.13. The van der Waals surface area contributed by atoms with Gasteiger partial charge in [-0.3, -0.25) is 0 Å². The number of aliphatic hydroxyl groups excluding tert-OH is 3. The predicted molar refractivity (Wildman–Crippen MR) is 121 cm³/mol. The molecule has 2 atom stereocenters. The first kappa shape index (κ1) is 22.8. The van der Waals surface area contributed by atoms with Gasteiger partial charge in [0.05, 0.1) is 19.3 Å². The smallest absolute Gasteiger partial charge is 0.0721 e. The van der Waals surface area contributed by atoms with Crippen molar-refractivity contribution in [2.45, 2.75) is 52.4 Å². The molecule has 2 aromatic carbocycles. The Labute approximate surface area is 174 Å². The molecule has 0 saturated heterocycles. The maximum Gasteiger partial charge on any atom is 0.0721 e. The summed E-state index contributed by atoms with van der Waals surface area (Å²) >= 11 is 0. The first-order valence-electron chi connectivity index (χ1n) is 10.1. The van der Waals surface area contributed by atoms with Gasteiger partial charge in [0.15, 0.2) is 0 Å². The summed E-state index contributed by atoms with van der Waals surface area (Å²) in [7, 11) is 0. The van der Waals surface area contributed by atoms with E-state index in [1.807, 2.05) is 43.4 Å². The summed E-state index contributed by atoms with van der Waals surface area (Å²) in [5.74, 6) is 0.275. The van der Waals surface area contributed by atoms with Gasteiger partial charge in [0, 0.05) is 5.92 Å². The molecule has 0 amide bonds. The van der Waals surface area contributed by atoms with Crippen molar-refractivity contribution in [1.82, 2.24) is 0 Å². The van der Waals surface area contributed by atoms with Crippen LogP contribution in [0.2, 0.25) is 0 Å². The Balaban J connectivity index is 2.15. The van der Waals surface area contributed by atoms with Crippen LogP contribution in [0.3, 0.4) is 0 Å². The standard InChI is InChI=1S/C26H32O3/c1-4-26(29)10-5-7-19(2)20(3)23-9-6-8-21(15-23)11-12-22-13-14-24(17-27)25(16-22)18-28/h5-16,20,26-29H,4,17-18H2,1-3H3/b10-5+,12-11+,19-7-. The zero-order valence-corrected chi connectivity index (χ0v) is 17.5. The second-order valence-corrected chi connectivity index (χ2v) is 7.34. The topological polar surface area (TPSA) is 60.7 Å². The Morgan fingerprint density at radius 3 is 2.31 bits per heavy atom. The lowest BCUT2D eigenvalue weighted by atomic mass is 9.92. The van der Waals surface area contributed by atoms with E-state index in [0.717, 1.165) is 28.7 Å². The van der Waals surface area contributed by atoms with Gasteiger partial charge in [-0.1, -0.05) is 86.2 Å². The summed E-state index contributed by atoms with van der Waals surface area (Å²) in [5.41, 5.74) is 6.06. The Morgan fingerprint density at radius 1 is 0.966 bits per heavy atom. The van der Waals surface area contributed by atoms with Crippen molar-refractivity contribution in [2.75, 3.05) is 0 Å². The largest absolute Gasteiger partial charge is 0.392 e. The van der Waals surface area contributed by atoms with E-state index in [0.29, 0.717) is 0 Å². The highest BCUT2D eigenvalue weighted by Crippen LogP contribution is 2.25. The van der Waals surface area contributed by atoms with Gasteiger partial charge in [0.1, 0.15) is 0 Å². The SMILES string of the molecule is CCC(O)/C=C/C=C(/C)C(C)c1cccc(/C=C/c2ccc(CO)c(CO)c2)c1. The Bertz CT molecular complexity index is 877. The number of hydrogen-bond donors (Lipinski definition) is 3. The lowest BCUT2D eigenvalue weighted by molar-refractivity contribution is 0.219. The molecule has 29 heavy (non-hydrogen) atoms. The average molecular weight is 393 g/mol. The van der Waals surface area contributed by atoms with Crippen LogP contribution in [0, 0.1) is 0 Å². The second kappa shape index (κ2) is 11.5. The van der Waals surface area contributed by atoms with Gasteiger partial charge in [-0.15, -0.1) is 0 Å². The molecule has 3 nitrogen and oxygen atoms in total. The molecule has 154 valence electrons. The fourth-order valence-electron chi connectivity index (χ4n) is 3.05. The third-order valence-electron chi connectivity index (χ3n) is 5.24. The molecule has 0 radical (unpaired) electrons. The summed E-state index contributed by atoms with van der Waals surface area (Å²) in [6.07, 6.45) is 10.2. The minimum Gasteiger partial charge on any atom is -0.392 e. The van der Waals surface area contributed by atoms with Crippen LogP contribution < -0.4 is 0 Å². The molecule has 3 N–H and O–H groups in total. The van der Waals surface area contributed by atoms with Crippen LogP contribution in [-0.4, -0.2) is 21.4 Å². The van der Waals surface area contributed by atoms with Crippen LogP contribution >= 0.6 is 0 Å². The average Bonchev–Trinajstić information content (AvgIpc) is 2.76. The highest BCUT2D eigenvalue weighted by Gasteiger charge is 2.07. The van der Waals surface area contributed by atoms with E-state index in [1.54, 1.807) is 0 Å². The van der Waals surface area contributed by atoms with Gasteiger partial charge in [0.2, 0.25) is 0 Å². The Kier molecular flexibility index (Phi) is 9.07. The molecule has 0 aromatic heterocycles. The zero-order valence-electron chi connectivity index (χ0n) is 17.5. The molecule has 3 heteroatoms. The number of benzene rings is 2.